The van der Waals surface area contributed by atoms with Gasteiger partial charge in [-0.2, -0.15) is 5.01 Å². The fraction of sp³-hybridized carbons (Fsp3) is 0.227. The summed E-state index contributed by atoms with van der Waals surface area (Å²) in [6.45, 7) is 5.68. The first kappa shape index (κ1) is 23.3. The van der Waals surface area contributed by atoms with Crippen LogP contribution in [0.4, 0.5) is 0 Å². The van der Waals surface area contributed by atoms with E-state index >= 15 is 0 Å². The van der Waals surface area contributed by atoms with Crippen molar-refractivity contribution in [1.29, 1.82) is 0 Å². The monoisotopic (exact) mass is 520 g/mol. The summed E-state index contributed by atoms with van der Waals surface area (Å²) in [5.41, 5.74) is 4.62. The maximum Gasteiger partial charge on any atom is 0.285 e. The van der Waals surface area contributed by atoms with Crippen LogP contribution >= 0.6 is 39.9 Å². The fourth-order valence-electron chi connectivity index (χ4n) is 2.88. The number of halogens is 1. The second-order valence-electron chi connectivity index (χ2n) is 6.97. The number of amides is 2. The van der Waals surface area contributed by atoms with Crippen molar-refractivity contribution >= 4 is 62.1 Å². The summed E-state index contributed by atoms with van der Waals surface area (Å²) >= 11 is 9.93. The number of ether oxygens (including phenoxy) is 2. The summed E-state index contributed by atoms with van der Waals surface area (Å²) in [7, 11) is 1.55. The second kappa shape index (κ2) is 9.84. The summed E-state index contributed by atoms with van der Waals surface area (Å²) in [5.74, 6) is 0.343. The van der Waals surface area contributed by atoms with Gasteiger partial charge in [0.1, 0.15) is 0 Å². The number of thiocarbonyl (C=S) groups is 1. The quantitative estimate of drug-likeness (QED) is 0.422. The summed E-state index contributed by atoms with van der Waals surface area (Å²) in [6, 6.07) is 10.8. The Hall–Kier alpha value is -2.36. The third kappa shape index (κ3) is 5.28. The molecule has 1 aliphatic rings. The van der Waals surface area contributed by atoms with Crippen molar-refractivity contribution in [3.63, 3.8) is 0 Å². The van der Waals surface area contributed by atoms with Gasteiger partial charge in [-0.25, -0.2) is 0 Å². The number of thioether (sulfide) groups is 1. The zero-order chi connectivity index (χ0) is 22.7. The highest BCUT2D eigenvalue weighted by atomic mass is 79.9. The summed E-state index contributed by atoms with van der Waals surface area (Å²) in [4.78, 5) is 25.9. The van der Waals surface area contributed by atoms with Gasteiger partial charge in [-0.3, -0.25) is 15.0 Å². The molecule has 3 rings (SSSR count). The van der Waals surface area contributed by atoms with Crippen LogP contribution in [0.3, 0.4) is 0 Å². The minimum Gasteiger partial charge on any atom is -0.493 e. The first-order chi connectivity index (χ1) is 14.7. The van der Waals surface area contributed by atoms with Crippen LogP contribution in [-0.4, -0.2) is 34.4 Å². The van der Waals surface area contributed by atoms with Gasteiger partial charge in [-0.1, -0.05) is 30.0 Å². The van der Waals surface area contributed by atoms with E-state index < -0.39 is 11.8 Å². The van der Waals surface area contributed by atoms with Crippen LogP contribution in [0.5, 0.6) is 11.5 Å². The number of carbonyl (C=O) groups excluding carboxylic acids is 2. The molecule has 0 bridgehead atoms. The minimum atomic E-state index is -0.394. The Kier molecular flexibility index (Phi) is 7.40. The normalized spacial score (nSPS) is 15.0. The lowest BCUT2D eigenvalue weighted by Crippen LogP contribution is -2.45. The Labute approximate surface area is 199 Å². The van der Waals surface area contributed by atoms with E-state index in [0.717, 1.165) is 27.9 Å². The number of carbonyl (C=O) groups is 2. The van der Waals surface area contributed by atoms with Crippen LogP contribution in [0, 0.1) is 6.92 Å². The zero-order valence-electron chi connectivity index (χ0n) is 17.4. The molecule has 0 radical (unpaired) electrons. The van der Waals surface area contributed by atoms with E-state index in [2.05, 4.69) is 21.4 Å². The largest absolute Gasteiger partial charge is 0.493 e. The molecule has 1 fully saturated rings. The number of methoxy groups -OCH3 is 1. The highest BCUT2D eigenvalue weighted by Crippen LogP contribution is 2.39. The second-order valence-corrected chi connectivity index (χ2v) is 9.50. The molecular weight excluding hydrogens is 500 g/mol. The lowest BCUT2D eigenvalue weighted by Gasteiger charge is -2.16. The van der Waals surface area contributed by atoms with E-state index in [1.54, 1.807) is 31.4 Å². The number of aryl methyl sites for hydroxylation is 1. The van der Waals surface area contributed by atoms with Gasteiger partial charge in [-0.05, 0) is 84.3 Å². The van der Waals surface area contributed by atoms with Crippen molar-refractivity contribution in [2.75, 3.05) is 7.11 Å². The van der Waals surface area contributed by atoms with Crippen molar-refractivity contribution in [3.8, 4) is 11.5 Å². The van der Waals surface area contributed by atoms with E-state index in [0.29, 0.717) is 26.4 Å². The molecule has 6 nitrogen and oxygen atoms in total. The van der Waals surface area contributed by atoms with Crippen molar-refractivity contribution < 1.29 is 19.1 Å². The SMILES string of the molecule is COc1cc(/C=C2\SC(=S)N(NC(=O)c3ccccc3C)C2=O)cc(Br)c1OC(C)C. The van der Waals surface area contributed by atoms with Gasteiger partial charge in [0.05, 0.1) is 22.6 Å². The van der Waals surface area contributed by atoms with Crippen LogP contribution in [-0.2, 0) is 4.79 Å². The van der Waals surface area contributed by atoms with Crippen LogP contribution in [0.2, 0.25) is 0 Å². The zero-order valence-corrected chi connectivity index (χ0v) is 20.6. The average Bonchev–Trinajstić information content (AvgIpc) is 2.97. The number of hydrogen-bond acceptors (Lipinski definition) is 6. The molecule has 0 spiro atoms. The average molecular weight is 521 g/mol. The lowest BCUT2D eigenvalue weighted by molar-refractivity contribution is -0.123. The molecule has 31 heavy (non-hydrogen) atoms. The molecule has 1 heterocycles. The van der Waals surface area contributed by atoms with Gasteiger partial charge in [0.25, 0.3) is 11.8 Å². The van der Waals surface area contributed by atoms with E-state index in [1.165, 1.54) is 0 Å². The van der Waals surface area contributed by atoms with Gasteiger partial charge in [0, 0.05) is 5.56 Å². The Morgan fingerprint density at radius 2 is 2.00 bits per heavy atom. The van der Waals surface area contributed by atoms with E-state index in [4.69, 9.17) is 21.7 Å². The Morgan fingerprint density at radius 3 is 2.65 bits per heavy atom. The number of nitrogens with zero attached hydrogens (tertiary/aromatic N) is 1. The number of rotatable bonds is 6. The third-order valence-electron chi connectivity index (χ3n) is 4.30. The molecule has 0 saturated carbocycles. The van der Waals surface area contributed by atoms with E-state index in [9.17, 15) is 9.59 Å². The van der Waals surface area contributed by atoms with Gasteiger partial charge in [-0.15, -0.1) is 0 Å². The fourth-order valence-corrected chi connectivity index (χ4v) is 4.61. The van der Waals surface area contributed by atoms with E-state index in [1.807, 2.05) is 39.0 Å². The molecule has 0 aromatic heterocycles. The molecule has 2 aromatic carbocycles. The summed E-state index contributed by atoms with van der Waals surface area (Å²) in [6.07, 6.45) is 1.68. The van der Waals surface area contributed by atoms with E-state index in [-0.39, 0.29) is 10.4 Å². The molecule has 0 unspecified atom stereocenters. The molecule has 2 aromatic rings. The molecule has 2 amide bonds. The predicted molar refractivity (Wildman–Crippen MR) is 130 cm³/mol. The maximum absolute atomic E-state index is 12.9. The molecule has 1 saturated heterocycles. The number of benzene rings is 2. The summed E-state index contributed by atoms with van der Waals surface area (Å²) in [5, 5.41) is 1.10. The van der Waals surface area contributed by atoms with Gasteiger partial charge in [0.15, 0.2) is 15.8 Å². The van der Waals surface area contributed by atoms with Gasteiger partial charge < -0.3 is 9.47 Å². The van der Waals surface area contributed by atoms with Crippen LogP contribution in [0.25, 0.3) is 6.08 Å². The van der Waals surface area contributed by atoms with Gasteiger partial charge in [0.2, 0.25) is 0 Å². The molecule has 9 heteroatoms. The molecular formula is C22H21BrN2O4S2. The third-order valence-corrected chi connectivity index (χ3v) is 6.19. The number of nitrogens with one attached hydrogen (secondary N) is 1. The lowest BCUT2D eigenvalue weighted by atomic mass is 10.1. The summed E-state index contributed by atoms with van der Waals surface area (Å²) < 4.78 is 12.2. The smallest absolute Gasteiger partial charge is 0.285 e. The van der Waals surface area contributed by atoms with Crippen molar-refractivity contribution in [3.05, 3.63) is 62.5 Å². The Morgan fingerprint density at radius 1 is 1.29 bits per heavy atom. The van der Waals surface area contributed by atoms with Crippen LogP contribution in [0.15, 0.2) is 45.8 Å². The Bertz CT molecular complexity index is 1090. The predicted octanol–water partition coefficient (Wildman–Crippen LogP) is 5.10. The minimum absolute atomic E-state index is 0.0239. The number of hydrogen-bond donors (Lipinski definition) is 1. The van der Waals surface area contributed by atoms with Crippen molar-refractivity contribution in [2.24, 2.45) is 0 Å². The maximum atomic E-state index is 12.9. The molecule has 162 valence electrons. The molecule has 0 aliphatic carbocycles. The highest BCUT2D eigenvalue weighted by molar-refractivity contribution is 9.10. The highest BCUT2D eigenvalue weighted by Gasteiger charge is 2.34. The molecule has 1 aliphatic heterocycles. The first-order valence-corrected chi connectivity index (χ1v) is 11.4. The van der Waals surface area contributed by atoms with Crippen LogP contribution in [0.1, 0.15) is 35.3 Å². The standard InChI is InChI=1S/C22H21BrN2O4S2/c1-12(2)29-19-16(23)9-14(10-17(19)28-4)11-18-21(27)25(22(30)31-18)24-20(26)15-8-6-5-7-13(15)3/h5-12H,1-4H3,(H,24,26)/b18-11-. The molecule has 0 atom stereocenters. The van der Waals surface area contributed by atoms with Gasteiger partial charge >= 0.3 is 0 Å². The molecule has 1 N–H and O–H groups in total. The topological polar surface area (TPSA) is 67.9 Å². The Balaban J connectivity index is 1.84. The van der Waals surface area contributed by atoms with Crippen molar-refractivity contribution in [1.82, 2.24) is 10.4 Å². The first-order valence-electron chi connectivity index (χ1n) is 9.40. The number of hydrazine groups is 1. The van der Waals surface area contributed by atoms with Crippen molar-refractivity contribution in [2.45, 2.75) is 26.9 Å². The van der Waals surface area contributed by atoms with Crippen LogP contribution < -0.4 is 14.9 Å².